The molecule has 4 rings (SSSR count). The summed E-state index contributed by atoms with van der Waals surface area (Å²) in [4.78, 5) is 35.4. The van der Waals surface area contributed by atoms with Gasteiger partial charge in [-0.05, 0) is 49.8 Å². The molecule has 1 aliphatic carbocycles. The van der Waals surface area contributed by atoms with Crippen molar-refractivity contribution in [2.75, 3.05) is 18.0 Å². The van der Waals surface area contributed by atoms with Crippen molar-refractivity contribution >= 4 is 23.5 Å². The molecule has 7 nitrogen and oxygen atoms in total. The lowest BCUT2D eigenvalue weighted by molar-refractivity contribution is -0.192. The average Bonchev–Trinajstić information content (AvgIpc) is 3.42. The van der Waals surface area contributed by atoms with Crippen LogP contribution in [0.2, 0.25) is 0 Å². The van der Waals surface area contributed by atoms with Gasteiger partial charge in [0.25, 0.3) is 5.91 Å². The van der Waals surface area contributed by atoms with Crippen LogP contribution in [-0.2, 0) is 20.8 Å². The topological polar surface area (TPSA) is 98.7 Å². The van der Waals surface area contributed by atoms with Crippen LogP contribution in [0.1, 0.15) is 24.8 Å². The minimum atomic E-state index is -5.08. The van der Waals surface area contributed by atoms with Crippen molar-refractivity contribution in [3.63, 3.8) is 0 Å². The molecular formula is C21H24F3N3O4. The number of aliphatic carboxylic acids is 1. The Balaban J connectivity index is 0.000000339. The first kappa shape index (κ1) is 22.8. The van der Waals surface area contributed by atoms with E-state index in [1.165, 1.54) is 5.56 Å². The fourth-order valence-electron chi connectivity index (χ4n) is 3.40. The van der Waals surface area contributed by atoms with Crippen molar-refractivity contribution in [3.05, 3.63) is 42.0 Å². The highest BCUT2D eigenvalue weighted by molar-refractivity contribution is 6.03. The average molecular weight is 439 g/mol. The lowest BCUT2D eigenvalue weighted by atomic mass is 10.1. The van der Waals surface area contributed by atoms with Crippen molar-refractivity contribution < 1.29 is 32.7 Å². The Kier molecular flexibility index (Phi) is 6.99. The van der Waals surface area contributed by atoms with Gasteiger partial charge < -0.3 is 20.6 Å². The van der Waals surface area contributed by atoms with E-state index in [1.807, 2.05) is 29.2 Å². The SMILES string of the molecule is O=C(N[C@H](/C=C/C(=O)N1CCc2ccccc21)C1CC1)[C@@H]1CCN1.O=C(O)C(F)(F)F. The van der Waals surface area contributed by atoms with E-state index in [0.29, 0.717) is 5.92 Å². The first-order valence-corrected chi connectivity index (χ1v) is 10.1. The highest BCUT2D eigenvalue weighted by atomic mass is 19.4. The van der Waals surface area contributed by atoms with E-state index in [1.54, 1.807) is 6.08 Å². The van der Waals surface area contributed by atoms with Gasteiger partial charge in [0, 0.05) is 18.3 Å². The maximum absolute atomic E-state index is 12.6. The van der Waals surface area contributed by atoms with Gasteiger partial charge in [-0.1, -0.05) is 24.3 Å². The van der Waals surface area contributed by atoms with Crippen LogP contribution in [0, 0.1) is 5.92 Å². The second-order valence-electron chi connectivity index (χ2n) is 7.70. The number of alkyl halides is 3. The van der Waals surface area contributed by atoms with E-state index in [2.05, 4.69) is 16.7 Å². The number of carboxylic acids is 1. The Morgan fingerprint density at radius 1 is 1.19 bits per heavy atom. The number of fused-ring (bicyclic) bond motifs is 1. The van der Waals surface area contributed by atoms with Crippen molar-refractivity contribution in [2.45, 2.75) is 43.9 Å². The molecule has 1 saturated heterocycles. The third-order valence-corrected chi connectivity index (χ3v) is 5.42. The Morgan fingerprint density at radius 2 is 1.84 bits per heavy atom. The number of halogens is 3. The van der Waals surface area contributed by atoms with Crippen molar-refractivity contribution in [3.8, 4) is 0 Å². The molecule has 2 fully saturated rings. The van der Waals surface area contributed by atoms with Crippen LogP contribution in [-0.4, -0.2) is 54.2 Å². The molecule has 0 bridgehead atoms. The monoisotopic (exact) mass is 439 g/mol. The second-order valence-corrected chi connectivity index (χ2v) is 7.70. The normalized spacial score (nSPS) is 20.9. The lowest BCUT2D eigenvalue weighted by Crippen LogP contribution is -2.55. The highest BCUT2D eigenvalue weighted by Gasteiger charge is 2.38. The van der Waals surface area contributed by atoms with Crippen LogP contribution in [0.4, 0.5) is 18.9 Å². The zero-order chi connectivity index (χ0) is 22.6. The summed E-state index contributed by atoms with van der Waals surface area (Å²) in [6.07, 6.45) is 2.49. The molecule has 3 aliphatic rings. The first-order valence-electron chi connectivity index (χ1n) is 10.1. The van der Waals surface area contributed by atoms with Crippen LogP contribution in [0.15, 0.2) is 36.4 Å². The summed E-state index contributed by atoms with van der Waals surface area (Å²) in [7, 11) is 0. The van der Waals surface area contributed by atoms with Crippen LogP contribution in [0.3, 0.4) is 0 Å². The Bertz CT molecular complexity index is 864. The van der Waals surface area contributed by atoms with E-state index < -0.39 is 12.1 Å². The number of anilines is 1. The van der Waals surface area contributed by atoms with Crippen LogP contribution < -0.4 is 15.5 Å². The molecule has 10 heteroatoms. The summed E-state index contributed by atoms with van der Waals surface area (Å²) >= 11 is 0. The minimum Gasteiger partial charge on any atom is -0.475 e. The number of nitrogens with one attached hydrogen (secondary N) is 2. The Hall–Kier alpha value is -2.88. The third kappa shape index (κ3) is 6.06. The number of hydrogen-bond donors (Lipinski definition) is 3. The molecule has 0 aromatic heterocycles. The summed E-state index contributed by atoms with van der Waals surface area (Å²) in [5.74, 6) is -2.22. The maximum atomic E-state index is 12.6. The van der Waals surface area contributed by atoms with Crippen molar-refractivity contribution in [2.24, 2.45) is 5.92 Å². The quantitative estimate of drug-likeness (QED) is 0.610. The largest absolute Gasteiger partial charge is 0.490 e. The fraction of sp³-hybridized carbons (Fsp3) is 0.476. The van der Waals surface area contributed by atoms with Crippen molar-refractivity contribution in [1.82, 2.24) is 10.6 Å². The van der Waals surface area contributed by atoms with Gasteiger partial charge in [-0.15, -0.1) is 0 Å². The summed E-state index contributed by atoms with van der Waals surface area (Å²) in [6.45, 7) is 1.64. The van der Waals surface area contributed by atoms with Gasteiger partial charge in [0.15, 0.2) is 0 Å². The molecule has 3 N–H and O–H groups in total. The zero-order valence-electron chi connectivity index (χ0n) is 16.7. The number of para-hydroxylation sites is 1. The summed E-state index contributed by atoms with van der Waals surface area (Å²) in [6, 6.07) is 7.97. The highest BCUT2D eigenvalue weighted by Crippen LogP contribution is 2.33. The molecule has 31 heavy (non-hydrogen) atoms. The number of hydrogen-bond acceptors (Lipinski definition) is 4. The number of rotatable bonds is 5. The summed E-state index contributed by atoms with van der Waals surface area (Å²) in [5, 5.41) is 13.3. The summed E-state index contributed by atoms with van der Waals surface area (Å²) < 4.78 is 31.7. The molecule has 0 unspecified atom stereocenters. The lowest BCUT2D eigenvalue weighted by Gasteiger charge is -2.28. The molecular weight excluding hydrogens is 415 g/mol. The van der Waals surface area contributed by atoms with Gasteiger partial charge in [-0.3, -0.25) is 9.59 Å². The number of carboxylic acid groups (broad SMARTS) is 1. The van der Waals surface area contributed by atoms with E-state index in [0.717, 1.165) is 44.5 Å². The number of nitrogens with zero attached hydrogens (tertiary/aromatic N) is 1. The molecule has 1 aromatic carbocycles. The van der Waals surface area contributed by atoms with Gasteiger partial charge in [-0.25, -0.2) is 4.79 Å². The maximum Gasteiger partial charge on any atom is 0.490 e. The molecule has 2 amide bonds. The number of carbonyl (C=O) groups is 3. The van der Waals surface area contributed by atoms with E-state index in [9.17, 15) is 22.8 Å². The second kappa shape index (κ2) is 9.51. The van der Waals surface area contributed by atoms with Gasteiger partial charge >= 0.3 is 12.1 Å². The van der Waals surface area contributed by atoms with Crippen molar-refractivity contribution in [1.29, 1.82) is 0 Å². The van der Waals surface area contributed by atoms with Gasteiger partial charge in [0.05, 0.1) is 12.1 Å². The number of carbonyl (C=O) groups excluding carboxylic acids is 2. The molecule has 2 heterocycles. The zero-order valence-corrected chi connectivity index (χ0v) is 16.7. The van der Waals surface area contributed by atoms with E-state index in [-0.39, 0.29) is 23.9 Å². The Labute approximate surface area is 177 Å². The summed E-state index contributed by atoms with van der Waals surface area (Å²) in [5.41, 5.74) is 2.24. The fourth-order valence-corrected chi connectivity index (χ4v) is 3.40. The molecule has 0 radical (unpaired) electrons. The molecule has 168 valence electrons. The van der Waals surface area contributed by atoms with E-state index in [4.69, 9.17) is 9.90 Å². The van der Waals surface area contributed by atoms with Gasteiger partial charge in [-0.2, -0.15) is 13.2 Å². The standard InChI is InChI=1S/C19H23N3O2.C2HF3O2/c23-18(22-12-10-14-3-1-2-4-17(14)22)8-7-15(13-5-6-13)21-19(24)16-9-11-20-16;3-2(4,5)1(6)7/h1-4,7-8,13,15-16,20H,5-6,9-12H2,(H,21,24);(H,6,7)/b8-7+;/t15-,16+;/m1./s1. The molecule has 1 saturated carbocycles. The molecule has 1 aromatic rings. The van der Waals surface area contributed by atoms with Crippen LogP contribution >= 0.6 is 0 Å². The minimum absolute atomic E-state index is 0.00150. The Morgan fingerprint density at radius 3 is 2.39 bits per heavy atom. The smallest absolute Gasteiger partial charge is 0.475 e. The number of amides is 2. The third-order valence-electron chi connectivity index (χ3n) is 5.42. The van der Waals surface area contributed by atoms with Gasteiger partial charge in [0.2, 0.25) is 5.91 Å². The molecule has 2 aliphatic heterocycles. The molecule has 0 spiro atoms. The molecule has 2 atom stereocenters. The first-order chi connectivity index (χ1) is 14.7. The number of benzene rings is 1. The van der Waals surface area contributed by atoms with E-state index >= 15 is 0 Å². The predicted molar refractivity (Wildman–Crippen MR) is 106 cm³/mol. The predicted octanol–water partition coefficient (Wildman–Crippen LogP) is 2.02. The van der Waals surface area contributed by atoms with Gasteiger partial charge in [0.1, 0.15) is 0 Å². The van der Waals surface area contributed by atoms with Crippen LogP contribution in [0.25, 0.3) is 0 Å². The van der Waals surface area contributed by atoms with Crippen LogP contribution in [0.5, 0.6) is 0 Å².